The molecule has 18 heavy (non-hydrogen) atoms. The summed E-state index contributed by atoms with van der Waals surface area (Å²) in [7, 11) is 0. The van der Waals surface area contributed by atoms with Crippen molar-refractivity contribution in [3.8, 4) is 0 Å². The van der Waals surface area contributed by atoms with E-state index in [9.17, 15) is 14.4 Å². The van der Waals surface area contributed by atoms with Crippen LogP contribution in [0, 0.1) is 0 Å². The molecule has 1 aliphatic carbocycles. The second kappa shape index (κ2) is 3.94. The van der Waals surface area contributed by atoms with E-state index in [0.29, 0.717) is 0 Å². The van der Waals surface area contributed by atoms with Gasteiger partial charge in [0.1, 0.15) is 11.3 Å². The van der Waals surface area contributed by atoms with E-state index in [2.05, 4.69) is 0 Å². The summed E-state index contributed by atoms with van der Waals surface area (Å²) < 4.78 is 6.24. The normalized spacial score (nSPS) is 14.6. The molecule has 1 aromatic heterocycles. The van der Waals surface area contributed by atoms with Crippen molar-refractivity contribution >= 4 is 17.7 Å². The first-order valence-electron chi connectivity index (χ1n) is 5.51. The summed E-state index contributed by atoms with van der Waals surface area (Å²) in [6.07, 6.45) is 3.07. The minimum Gasteiger partial charge on any atom is -0.443 e. The van der Waals surface area contributed by atoms with Crippen LogP contribution in [0.25, 0.3) is 0 Å². The van der Waals surface area contributed by atoms with E-state index in [0.717, 1.165) is 10.6 Å². The van der Waals surface area contributed by atoms with Crippen LogP contribution in [0.4, 0.5) is 4.79 Å². The lowest BCUT2D eigenvalue weighted by atomic mass is 10.0. The van der Waals surface area contributed by atoms with E-state index in [1.807, 2.05) is 0 Å². The Morgan fingerprint density at radius 1 is 1.17 bits per heavy atom. The van der Waals surface area contributed by atoms with Gasteiger partial charge in [-0.15, -0.1) is 0 Å². The summed E-state index contributed by atoms with van der Waals surface area (Å²) in [5.41, 5.74) is -0.365. The summed E-state index contributed by atoms with van der Waals surface area (Å²) in [6, 6.07) is 1.45. The van der Waals surface area contributed by atoms with Gasteiger partial charge in [-0.25, -0.2) is 9.36 Å². The summed E-state index contributed by atoms with van der Waals surface area (Å²) in [6.45, 7) is 5.19. The lowest BCUT2D eigenvalue weighted by molar-refractivity contribution is 0.0529. The number of ether oxygens (including phenoxy) is 1. The quantitative estimate of drug-likeness (QED) is 0.705. The smallest absolute Gasteiger partial charge is 0.419 e. The number of aromatic nitrogens is 1. The summed E-state index contributed by atoms with van der Waals surface area (Å²) in [5, 5.41) is 0. The van der Waals surface area contributed by atoms with Crippen molar-refractivity contribution in [2.45, 2.75) is 26.4 Å². The third-order valence-corrected chi connectivity index (χ3v) is 2.36. The Hall–Kier alpha value is -2.17. The van der Waals surface area contributed by atoms with Crippen LogP contribution in [0.5, 0.6) is 0 Å². The molecule has 1 aromatic rings. The molecule has 1 aliphatic rings. The van der Waals surface area contributed by atoms with Crippen LogP contribution >= 0.6 is 0 Å². The van der Waals surface area contributed by atoms with Gasteiger partial charge in [-0.3, -0.25) is 9.59 Å². The fourth-order valence-corrected chi connectivity index (χ4v) is 1.67. The maximum atomic E-state index is 11.9. The standard InChI is InChI=1S/C13H13NO4/c1-13(2,3)18-12(17)14-7-6-8-9(15)4-5-10(16)11(8)14/h4-7H,1-3H3. The second-order valence-corrected chi connectivity index (χ2v) is 4.99. The molecule has 0 saturated heterocycles. The van der Waals surface area contributed by atoms with Crippen LogP contribution in [0.3, 0.4) is 0 Å². The number of nitrogens with zero attached hydrogens (tertiary/aromatic N) is 1. The average molecular weight is 247 g/mol. The number of ketones is 2. The largest absolute Gasteiger partial charge is 0.443 e. The van der Waals surface area contributed by atoms with Gasteiger partial charge in [0.05, 0.1) is 5.56 Å². The molecule has 5 heteroatoms. The third-order valence-electron chi connectivity index (χ3n) is 2.36. The van der Waals surface area contributed by atoms with Crippen LogP contribution < -0.4 is 0 Å². The molecular formula is C13H13NO4. The third kappa shape index (κ3) is 2.11. The first kappa shape index (κ1) is 12.3. The Morgan fingerprint density at radius 3 is 2.39 bits per heavy atom. The van der Waals surface area contributed by atoms with Gasteiger partial charge in [0.2, 0.25) is 5.78 Å². The predicted molar refractivity (Wildman–Crippen MR) is 63.9 cm³/mol. The number of allylic oxidation sites excluding steroid dienone is 2. The zero-order valence-electron chi connectivity index (χ0n) is 10.4. The molecule has 1 heterocycles. The molecule has 5 nitrogen and oxygen atoms in total. The second-order valence-electron chi connectivity index (χ2n) is 4.99. The van der Waals surface area contributed by atoms with Crippen LogP contribution in [-0.4, -0.2) is 27.8 Å². The van der Waals surface area contributed by atoms with Crippen molar-refractivity contribution < 1.29 is 19.1 Å². The van der Waals surface area contributed by atoms with Crippen LogP contribution in [0.2, 0.25) is 0 Å². The topological polar surface area (TPSA) is 65.4 Å². The maximum absolute atomic E-state index is 11.9. The lowest BCUT2D eigenvalue weighted by Gasteiger charge is -2.20. The Labute approximate surface area is 104 Å². The Morgan fingerprint density at radius 2 is 1.78 bits per heavy atom. The number of carbonyl (C=O) groups excluding carboxylic acids is 3. The first-order valence-corrected chi connectivity index (χ1v) is 5.51. The van der Waals surface area contributed by atoms with Gasteiger partial charge in [-0.2, -0.15) is 0 Å². The number of hydrogen-bond acceptors (Lipinski definition) is 4. The van der Waals surface area contributed by atoms with Crippen molar-refractivity contribution in [3.05, 3.63) is 35.7 Å². The molecule has 0 amide bonds. The van der Waals surface area contributed by atoms with Crippen LogP contribution in [0.15, 0.2) is 24.4 Å². The summed E-state index contributed by atoms with van der Waals surface area (Å²) >= 11 is 0. The van der Waals surface area contributed by atoms with Gasteiger partial charge in [0.25, 0.3) is 0 Å². The lowest BCUT2D eigenvalue weighted by Crippen LogP contribution is -2.29. The molecule has 0 radical (unpaired) electrons. The maximum Gasteiger partial charge on any atom is 0.419 e. The molecule has 0 unspecified atom stereocenters. The molecule has 0 aliphatic heterocycles. The fourth-order valence-electron chi connectivity index (χ4n) is 1.67. The van der Waals surface area contributed by atoms with E-state index in [-0.39, 0.29) is 22.8 Å². The van der Waals surface area contributed by atoms with Gasteiger partial charge in [-0.1, -0.05) is 0 Å². The highest BCUT2D eigenvalue weighted by Crippen LogP contribution is 2.20. The Bertz CT molecular complexity index is 572. The fraction of sp³-hybridized carbons (Fsp3) is 0.308. The monoisotopic (exact) mass is 247 g/mol. The van der Waals surface area contributed by atoms with E-state index < -0.39 is 11.7 Å². The molecule has 0 spiro atoms. The highest BCUT2D eigenvalue weighted by atomic mass is 16.6. The van der Waals surface area contributed by atoms with Crippen molar-refractivity contribution in [3.63, 3.8) is 0 Å². The van der Waals surface area contributed by atoms with Crippen molar-refractivity contribution in [1.82, 2.24) is 4.57 Å². The summed E-state index contributed by atoms with van der Waals surface area (Å²) in [4.78, 5) is 35.2. The molecule has 0 aromatic carbocycles. The van der Waals surface area contributed by atoms with E-state index in [1.54, 1.807) is 20.8 Å². The minimum atomic E-state index is -0.666. The minimum absolute atomic E-state index is 0.0664. The Balaban J connectivity index is 2.41. The number of hydrogen-bond donors (Lipinski definition) is 0. The molecule has 94 valence electrons. The highest BCUT2D eigenvalue weighted by Gasteiger charge is 2.28. The van der Waals surface area contributed by atoms with E-state index in [1.165, 1.54) is 18.3 Å². The van der Waals surface area contributed by atoms with Gasteiger partial charge in [0, 0.05) is 6.20 Å². The van der Waals surface area contributed by atoms with E-state index >= 15 is 0 Å². The number of fused-ring (bicyclic) bond motifs is 1. The summed E-state index contributed by atoms with van der Waals surface area (Å²) in [5.74, 6) is -0.660. The molecule has 0 N–H and O–H groups in total. The van der Waals surface area contributed by atoms with Crippen LogP contribution in [-0.2, 0) is 4.74 Å². The molecule has 0 bridgehead atoms. The molecule has 0 fully saturated rings. The van der Waals surface area contributed by atoms with Crippen LogP contribution in [0.1, 0.15) is 41.6 Å². The van der Waals surface area contributed by atoms with E-state index in [4.69, 9.17) is 4.74 Å². The molecular weight excluding hydrogens is 234 g/mol. The van der Waals surface area contributed by atoms with Gasteiger partial charge in [0.15, 0.2) is 5.78 Å². The highest BCUT2D eigenvalue weighted by molar-refractivity contribution is 6.22. The van der Waals surface area contributed by atoms with Gasteiger partial charge in [-0.05, 0) is 39.0 Å². The van der Waals surface area contributed by atoms with Gasteiger partial charge >= 0.3 is 6.09 Å². The van der Waals surface area contributed by atoms with Crippen molar-refractivity contribution in [2.75, 3.05) is 0 Å². The zero-order chi connectivity index (χ0) is 13.5. The SMILES string of the molecule is CC(C)(C)OC(=O)n1ccc2c1C(=O)C=CC2=O. The zero-order valence-corrected chi connectivity index (χ0v) is 10.4. The molecule has 0 atom stereocenters. The first-order chi connectivity index (χ1) is 8.29. The predicted octanol–water partition coefficient (Wildman–Crippen LogP) is 2.21. The molecule has 2 rings (SSSR count). The Kier molecular flexibility index (Phi) is 2.69. The number of rotatable bonds is 0. The number of carbonyl (C=O) groups is 3. The van der Waals surface area contributed by atoms with Gasteiger partial charge < -0.3 is 4.74 Å². The average Bonchev–Trinajstić information content (AvgIpc) is 2.66. The van der Waals surface area contributed by atoms with Crippen molar-refractivity contribution in [2.24, 2.45) is 0 Å². The molecule has 0 saturated carbocycles. The van der Waals surface area contributed by atoms with Crippen molar-refractivity contribution in [1.29, 1.82) is 0 Å².